The number of ether oxygens (including phenoxy) is 3. The van der Waals surface area contributed by atoms with E-state index in [4.69, 9.17) is 9.47 Å². The van der Waals surface area contributed by atoms with Crippen LogP contribution in [0.4, 0.5) is 5.95 Å². The molecule has 2 heterocycles. The van der Waals surface area contributed by atoms with E-state index in [0.717, 1.165) is 46.9 Å². The van der Waals surface area contributed by atoms with Crippen molar-refractivity contribution in [3.8, 4) is 11.5 Å². The molecular weight excluding hydrogens is 528 g/mol. The monoisotopic (exact) mass is 564 g/mol. The van der Waals surface area contributed by atoms with Crippen LogP contribution in [0.25, 0.3) is 0 Å². The average molecular weight is 565 g/mol. The van der Waals surface area contributed by atoms with Crippen LogP contribution in [0.1, 0.15) is 47.7 Å². The van der Waals surface area contributed by atoms with Gasteiger partial charge in [0.15, 0.2) is 11.5 Å². The topological polar surface area (TPSA) is 103 Å². The van der Waals surface area contributed by atoms with Gasteiger partial charge < -0.3 is 24.4 Å². The van der Waals surface area contributed by atoms with E-state index in [1.165, 1.54) is 7.11 Å². The average Bonchev–Trinajstić information content (AvgIpc) is 2.98. The third-order valence-electron chi connectivity index (χ3n) is 6.56. The van der Waals surface area contributed by atoms with E-state index in [2.05, 4.69) is 31.0 Å². The number of aryl methyl sites for hydroxylation is 1. The number of benzene rings is 2. The molecule has 1 aliphatic heterocycles. The maximum Gasteiger partial charge on any atom is 0.306 e. The van der Waals surface area contributed by atoms with E-state index in [0.29, 0.717) is 43.4 Å². The molecule has 1 aliphatic rings. The Labute approximate surface area is 239 Å². The highest BCUT2D eigenvalue weighted by Gasteiger charge is 2.24. The highest BCUT2D eigenvalue weighted by Crippen LogP contribution is 2.29. The molecule has 212 valence electrons. The number of esters is 1. The fourth-order valence-electron chi connectivity index (χ4n) is 4.41. The molecule has 1 unspecified atom stereocenters. The number of aromatic nitrogens is 2. The summed E-state index contributed by atoms with van der Waals surface area (Å²) in [6, 6.07) is 13.8. The Morgan fingerprint density at radius 1 is 1.12 bits per heavy atom. The van der Waals surface area contributed by atoms with Gasteiger partial charge in [-0.2, -0.15) is 0 Å². The van der Waals surface area contributed by atoms with Crippen LogP contribution in [-0.4, -0.2) is 60.5 Å². The maximum atomic E-state index is 12.8. The highest BCUT2D eigenvalue weighted by molar-refractivity contribution is 7.99. The van der Waals surface area contributed by atoms with Crippen molar-refractivity contribution < 1.29 is 23.8 Å². The Bertz CT molecular complexity index is 1290. The number of nitrogens with one attached hydrogen (secondary N) is 1. The van der Waals surface area contributed by atoms with Crippen molar-refractivity contribution in [1.29, 1.82) is 0 Å². The number of anilines is 1. The molecule has 0 aliphatic carbocycles. The summed E-state index contributed by atoms with van der Waals surface area (Å²) in [5.74, 6) is 2.29. The highest BCUT2D eigenvalue weighted by atomic mass is 32.2. The van der Waals surface area contributed by atoms with Crippen LogP contribution in [0.2, 0.25) is 0 Å². The van der Waals surface area contributed by atoms with Crippen LogP contribution in [-0.2, 0) is 16.1 Å². The van der Waals surface area contributed by atoms with Crippen LogP contribution >= 0.6 is 11.8 Å². The zero-order chi connectivity index (χ0) is 28.3. The number of para-hydroxylation sites is 2. The van der Waals surface area contributed by atoms with Crippen molar-refractivity contribution >= 4 is 29.6 Å². The first-order chi connectivity index (χ1) is 19.5. The first kappa shape index (κ1) is 29.2. The molecule has 1 atom stereocenters. The van der Waals surface area contributed by atoms with Crippen molar-refractivity contribution in [2.75, 3.05) is 37.5 Å². The molecule has 1 fully saturated rings. The van der Waals surface area contributed by atoms with Crippen LogP contribution in [0.3, 0.4) is 0 Å². The molecule has 9 nitrogen and oxygen atoms in total. The first-order valence-corrected chi connectivity index (χ1v) is 14.5. The number of carbonyl (C=O) groups excluding carboxylic acids is 2. The van der Waals surface area contributed by atoms with Gasteiger partial charge in [0.2, 0.25) is 5.95 Å². The molecule has 1 N–H and O–H groups in total. The van der Waals surface area contributed by atoms with Gasteiger partial charge in [-0.3, -0.25) is 9.59 Å². The van der Waals surface area contributed by atoms with Crippen molar-refractivity contribution in [2.45, 2.75) is 50.7 Å². The van der Waals surface area contributed by atoms with Crippen LogP contribution in [0, 0.1) is 6.92 Å². The van der Waals surface area contributed by atoms with Crippen LogP contribution in [0.15, 0.2) is 59.8 Å². The smallest absolute Gasteiger partial charge is 0.306 e. The molecule has 0 bridgehead atoms. The quantitative estimate of drug-likeness (QED) is 0.245. The van der Waals surface area contributed by atoms with Gasteiger partial charge in [0.25, 0.3) is 5.91 Å². The second-order valence-corrected chi connectivity index (χ2v) is 10.6. The number of thioether (sulfide) groups is 1. The molecular formula is C30H36N4O5S. The fourth-order valence-corrected chi connectivity index (χ4v) is 5.34. The number of methoxy groups -OCH3 is 1. The van der Waals surface area contributed by atoms with Gasteiger partial charge in [0.1, 0.15) is 6.10 Å². The third kappa shape index (κ3) is 8.11. The molecule has 10 heteroatoms. The summed E-state index contributed by atoms with van der Waals surface area (Å²) in [5.41, 5.74) is 2.50. The van der Waals surface area contributed by atoms with Crippen LogP contribution < -0.4 is 19.7 Å². The standard InChI is InChI=1S/C30H36N4O5S/c1-4-38-26-9-5-6-10-27(26)39-24-8-7-14-34(20-24)30-32-18-23(19-33-30)29(36)31-17-22-11-12-25(16-21(22)2)40-15-13-28(35)37-3/h5-6,9-12,16,18-19,24H,4,7-8,13-15,17,20H2,1-3H3,(H,31,36). The molecule has 1 saturated heterocycles. The van der Waals surface area contributed by atoms with E-state index >= 15 is 0 Å². The number of nitrogens with zero attached hydrogens (tertiary/aromatic N) is 3. The Morgan fingerprint density at radius 2 is 1.90 bits per heavy atom. The fraction of sp³-hybridized carbons (Fsp3) is 0.400. The second-order valence-electron chi connectivity index (χ2n) is 9.43. The summed E-state index contributed by atoms with van der Waals surface area (Å²) in [5, 5.41) is 2.96. The minimum absolute atomic E-state index is 0.0113. The molecule has 0 saturated carbocycles. The van der Waals surface area contributed by atoms with E-state index < -0.39 is 0 Å². The normalized spacial score (nSPS) is 14.9. The zero-order valence-electron chi connectivity index (χ0n) is 23.2. The van der Waals surface area contributed by atoms with E-state index in [9.17, 15) is 9.59 Å². The molecule has 2 aromatic carbocycles. The Hall–Kier alpha value is -3.79. The molecule has 0 radical (unpaired) electrons. The van der Waals surface area contributed by atoms with Gasteiger partial charge in [0, 0.05) is 36.1 Å². The Morgan fingerprint density at radius 3 is 2.62 bits per heavy atom. The summed E-state index contributed by atoms with van der Waals surface area (Å²) in [6.45, 7) is 6.42. The van der Waals surface area contributed by atoms with Gasteiger partial charge in [-0.15, -0.1) is 11.8 Å². The maximum absolute atomic E-state index is 12.8. The summed E-state index contributed by atoms with van der Waals surface area (Å²) in [7, 11) is 1.39. The second kappa shape index (κ2) is 14.6. The lowest BCUT2D eigenvalue weighted by Crippen LogP contribution is -2.42. The van der Waals surface area contributed by atoms with E-state index in [1.54, 1.807) is 24.2 Å². The van der Waals surface area contributed by atoms with Gasteiger partial charge in [-0.05, 0) is 62.1 Å². The summed E-state index contributed by atoms with van der Waals surface area (Å²) in [6.07, 6.45) is 5.39. The number of carbonyl (C=O) groups is 2. The summed E-state index contributed by atoms with van der Waals surface area (Å²) >= 11 is 1.60. The van der Waals surface area contributed by atoms with Crippen molar-refractivity contribution in [2.24, 2.45) is 0 Å². The van der Waals surface area contributed by atoms with Gasteiger partial charge in [0.05, 0.1) is 32.2 Å². The Balaban J connectivity index is 1.28. The molecule has 1 amide bonds. The predicted octanol–water partition coefficient (Wildman–Crippen LogP) is 4.82. The lowest BCUT2D eigenvalue weighted by atomic mass is 10.1. The minimum atomic E-state index is -0.227. The molecule has 40 heavy (non-hydrogen) atoms. The zero-order valence-corrected chi connectivity index (χ0v) is 24.0. The van der Waals surface area contributed by atoms with Crippen molar-refractivity contribution in [3.63, 3.8) is 0 Å². The summed E-state index contributed by atoms with van der Waals surface area (Å²) in [4.78, 5) is 36.2. The summed E-state index contributed by atoms with van der Waals surface area (Å²) < 4.78 is 16.6. The molecule has 3 aromatic rings. The number of rotatable bonds is 12. The third-order valence-corrected chi connectivity index (χ3v) is 7.56. The number of amides is 1. The van der Waals surface area contributed by atoms with Gasteiger partial charge in [-0.25, -0.2) is 9.97 Å². The number of piperidine rings is 1. The van der Waals surface area contributed by atoms with Crippen LogP contribution in [0.5, 0.6) is 11.5 Å². The number of hydrogen-bond donors (Lipinski definition) is 1. The Kier molecular flexibility index (Phi) is 10.6. The van der Waals surface area contributed by atoms with Gasteiger partial charge >= 0.3 is 5.97 Å². The SMILES string of the molecule is CCOc1ccccc1OC1CCCN(c2ncc(C(=O)NCc3ccc(SCCC(=O)OC)cc3C)cn2)C1. The molecule has 4 rings (SSSR count). The van der Waals surface area contributed by atoms with Crippen molar-refractivity contribution in [1.82, 2.24) is 15.3 Å². The first-order valence-electron chi connectivity index (χ1n) is 13.5. The number of hydrogen-bond acceptors (Lipinski definition) is 9. The molecule has 1 aromatic heterocycles. The largest absolute Gasteiger partial charge is 0.490 e. The predicted molar refractivity (Wildman–Crippen MR) is 155 cm³/mol. The van der Waals surface area contributed by atoms with Gasteiger partial charge in [-0.1, -0.05) is 18.2 Å². The van der Waals surface area contributed by atoms with E-state index in [1.807, 2.05) is 50.2 Å². The lowest BCUT2D eigenvalue weighted by Gasteiger charge is -2.33. The lowest BCUT2D eigenvalue weighted by molar-refractivity contribution is -0.140. The minimum Gasteiger partial charge on any atom is -0.490 e. The van der Waals surface area contributed by atoms with E-state index in [-0.39, 0.29) is 18.0 Å². The van der Waals surface area contributed by atoms with Crippen molar-refractivity contribution in [3.05, 3.63) is 71.5 Å². The molecule has 0 spiro atoms.